The van der Waals surface area contributed by atoms with Gasteiger partial charge in [0, 0.05) is 18.3 Å². The van der Waals surface area contributed by atoms with Crippen molar-refractivity contribution in [2.24, 2.45) is 0 Å². The Morgan fingerprint density at radius 2 is 1.89 bits per heavy atom. The highest BCUT2D eigenvalue weighted by molar-refractivity contribution is 5.63. The Morgan fingerprint density at radius 3 is 2.58 bits per heavy atom. The fraction of sp³-hybridized carbons (Fsp3) is 0.267. The summed E-state index contributed by atoms with van der Waals surface area (Å²) >= 11 is 0. The van der Waals surface area contributed by atoms with E-state index in [4.69, 9.17) is 5.73 Å². The van der Waals surface area contributed by atoms with Crippen LogP contribution in [0, 0.1) is 12.7 Å². The lowest BCUT2D eigenvalue weighted by atomic mass is 10.1. The first-order valence-corrected chi connectivity index (χ1v) is 6.21. The van der Waals surface area contributed by atoms with Gasteiger partial charge in [0.25, 0.3) is 0 Å². The van der Waals surface area contributed by atoms with Crippen LogP contribution in [0.4, 0.5) is 15.9 Å². The Morgan fingerprint density at radius 1 is 1.21 bits per heavy atom. The molecule has 0 aliphatic heterocycles. The van der Waals surface area contributed by atoms with Gasteiger partial charge in [-0.25, -0.2) is 9.37 Å². The number of rotatable bonds is 3. The summed E-state index contributed by atoms with van der Waals surface area (Å²) in [5.74, 6) is 0.462. The van der Waals surface area contributed by atoms with E-state index in [2.05, 4.69) is 4.98 Å². The topological polar surface area (TPSA) is 42.1 Å². The SMILES string of the molecule is Cc1ccc(N)c(N(C)C(C)c2ccccc2F)n1. The summed E-state index contributed by atoms with van der Waals surface area (Å²) in [5, 5.41) is 0. The standard InChI is InChI=1S/C15H18FN3/c1-10-8-9-14(17)15(18-10)19(3)11(2)12-6-4-5-7-13(12)16/h4-9,11H,17H2,1-3H3. The first kappa shape index (κ1) is 13.3. The van der Waals surface area contributed by atoms with Crippen LogP contribution in [0.2, 0.25) is 0 Å². The maximum atomic E-state index is 13.8. The molecular formula is C15H18FN3. The molecule has 0 saturated heterocycles. The second-order valence-electron chi connectivity index (χ2n) is 4.67. The summed E-state index contributed by atoms with van der Waals surface area (Å²) in [6.45, 7) is 3.84. The molecule has 0 saturated carbocycles. The summed E-state index contributed by atoms with van der Waals surface area (Å²) in [7, 11) is 1.87. The molecular weight excluding hydrogens is 241 g/mol. The highest BCUT2D eigenvalue weighted by Gasteiger charge is 2.18. The van der Waals surface area contributed by atoms with Crippen molar-refractivity contribution in [3.8, 4) is 0 Å². The average molecular weight is 259 g/mol. The summed E-state index contributed by atoms with van der Waals surface area (Å²) in [6.07, 6.45) is 0. The molecule has 3 nitrogen and oxygen atoms in total. The minimum Gasteiger partial charge on any atom is -0.396 e. The number of pyridine rings is 1. The van der Waals surface area contributed by atoms with Crippen molar-refractivity contribution in [3.63, 3.8) is 0 Å². The molecule has 0 bridgehead atoms. The third-order valence-corrected chi connectivity index (χ3v) is 3.31. The third kappa shape index (κ3) is 2.67. The van der Waals surface area contributed by atoms with E-state index < -0.39 is 0 Å². The highest BCUT2D eigenvalue weighted by atomic mass is 19.1. The van der Waals surface area contributed by atoms with E-state index in [-0.39, 0.29) is 11.9 Å². The molecule has 1 atom stereocenters. The Balaban J connectivity index is 2.36. The molecule has 19 heavy (non-hydrogen) atoms. The molecule has 1 aromatic carbocycles. The lowest BCUT2D eigenvalue weighted by Gasteiger charge is -2.27. The number of anilines is 2. The lowest BCUT2D eigenvalue weighted by Crippen LogP contribution is -2.24. The zero-order valence-corrected chi connectivity index (χ0v) is 11.4. The molecule has 0 amide bonds. The molecule has 0 radical (unpaired) electrons. The number of hydrogen-bond donors (Lipinski definition) is 1. The minimum absolute atomic E-state index is 0.141. The Labute approximate surface area is 112 Å². The van der Waals surface area contributed by atoms with Gasteiger partial charge >= 0.3 is 0 Å². The van der Waals surface area contributed by atoms with Crippen LogP contribution in [-0.2, 0) is 0 Å². The van der Waals surface area contributed by atoms with Crippen molar-refractivity contribution in [1.82, 2.24) is 4.98 Å². The fourth-order valence-corrected chi connectivity index (χ4v) is 2.04. The maximum Gasteiger partial charge on any atom is 0.152 e. The highest BCUT2D eigenvalue weighted by Crippen LogP contribution is 2.29. The summed E-state index contributed by atoms with van der Waals surface area (Å²) in [6, 6.07) is 10.3. The Hall–Kier alpha value is -2.10. The van der Waals surface area contributed by atoms with E-state index in [1.807, 2.05) is 44.0 Å². The molecule has 0 spiro atoms. The molecule has 100 valence electrons. The monoisotopic (exact) mass is 259 g/mol. The molecule has 2 N–H and O–H groups in total. The summed E-state index contributed by atoms with van der Waals surface area (Å²) in [5.41, 5.74) is 8.06. The maximum absolute atomic E-state index is 13.8. The quantitative estimate of drug-likeness (QED) is 0.919. The average Bonchev–Trinajstić information content (AvgIpc) is 2.40. The second kappa shape index (κ2) is 5.26. The van der Waals surface area contributed by atoms with Gasteiger partial charge in [-0.05, 0) is 32.0 Å². The molecule has 1 unspecified atom stereocenters. The van der Waals surface area contributed by atoms with Crippen LogP contribution in [0.5, 0.6) is 0 Å². The van der Waals surface area contributed by atoms with E-state index in [0.29, 0.717) is 17.1 Å². The largest absolute Gasteiger partial charge is 0.396 e. The molecule has 2 aromatic rings. The first-order chi connectivity index (χ1) is 9.00. The van der Waals surface area contributed by atoms with Crippen molar-refractivity contribution in [1.29, 1.82) is 0 Å². The van der Waals surface area contributed by atoms with Gasteiger partial charge in [-0.1, -0.05) is 18.2 Å². The van der Waals surface area contributed by atoms with Gasteiger partial charge in [-0.15, -0.1) is 0 Å². The van der Waals surface area contributed by atoms with Crippen molar-refractivity contribution >= 4 is 11.5 Å². The van der Waals surface area contributed by atoms with Crippen LogP contribution in [0.25, 0.3) is 0 Å². The fourth-order valence-electron chi connectivity index (χ4n) is 2.04. The number of benzene rings is 1. The molecule has 0 fully saturated rings. The van der Waals surface area contributed by atoms with Crippen molar-refractivity contribution in [3.05, 3.63) is 53.5 Å². The van der Waals surface area contributed by atoms with E-state index >= 15 is 0 Å². The number of nitrogens with zero attached hydrogens (tertiary/aromatic N) is 2. The molecule has 1 aromatic heterocycles. The Kier molecular flexibility index (Phi) is 3.69. The molecule has 0 aliphatic rings. The lowest BCUT2D eigenvalue weighted by molar-refractivity contribution is 0.584. The number of halogens is 1. The van der Waals surface area contributed by atoms with Gasteiger partial charge in [0.2, 0.25) is 0 Å². The van der Waals surface area contributed by atoms with Crippen LogP contribution in [0.3, 0.4) is 0 Å². The van der Waals surface area contributed by atoms with Crippen molar-refractivity contribution < 1.29 is 4.39 Å². The zero-order valence-electron chi connectivity index (χ0n) is 11.4. The number of hydrogen-bond acceptors (Lipinski definition) is 3. The van der Waals surface area contributed by atoms with Crippen LogP contribution in [0.1, 0.15) is 24.2 Å². The van der Waals surface area contributed by atoms with Crippen molar-refractivity contribution in [2.45, 2.75) is 19.9 Å². The van der Waals surface area contributed by atoms with E-state index in [1.165, 1.54) is 6.07 Å². The van der Waals surface area contributed by atoms with Crippen LogP contribution in [-0.4, -0.2) is 12.0 Å². The van der Waals surface area contributed by atoms with Gasteiger partial charge in [0.1, 0.15) is 5.82 Å². The van der Waals surface area contributed by atoms with Gasteiger partial charge < -0.3 is 10.6 Å². The summed E-state index contributed by atoms with van der Waals surface area (Å²) in [4.78, 5) is 6.32. The van der Waals surface area contributed by atoms with E-state index in [9.17, 15) is 4.39 Å². The minimum atomic E-state index is -0.215. The molecule has 2 rings (SSSR count). The molecule has 0 aliphatic carbocycles. The number of aromatic nitrogens is 1. The van der Waals surface area contributed by atoms with Crippen LogP contribution in [0.15, 0.2) is 36.4 Å². The van der Waals surface area contributed by atoms with Crippen LogP contribution < -0.4 is 10.6 Å². The normalized spacial score (nSPS) is 12.2. The van der Waals surface area contributed by atoms with Crippen molar-refractivity contribution in [2.75, 3.05) is 17.7 Å². The van der Waals surface area contributed by atoms with Gasteiger partial charge in [0.15, 0.2) is 5.82 Å². The molecule has 4 heteroatoms. The second-order valence-corrected chi connectivity index (χ2v) is 4.67. The number of nitrogen functional groups attached to an aromatic ring is 1. The van der Waals surface area contributed by atoms with Crippen LogP contribution >= 0.6 is 0 Å². The van der Waals surface area contributed by atoms with Gasteiger partial charge in [-0.2, -0.15) is 0 Å². The number of nitrogens with two attached hydrogens (primary N) is 1. The van der Waals surface area contributed by atoms with E-state index in [1.54, 1.807) is 12.1 Å². The van der Waals surface area contributed by atoms with Gasteiger partial charge in [-0.3, -0.25) is 0 Å². The third-order valence-electron chi connectivity index (χ3n) is 3.31. The summed E-state index contributed by atoms with van der Waals surface area (Å²) < 4.78 is 13.8. The predicted octanol–water partition coefficient (Wildman–Crippen LogP) is 3.31. The number of aryl methyl sites for hydroxylation is 1. The predicted molar refractivity (Wildman–Crippen MR) is 76.6 cm³/mol. The smallest absolute Gasteiger partial charge is 0.152 e. The van der Waals surface area contributed by atoms with E-state index in [0.717, 1.165) is 5.69 Å². The zero-order chi connectivity index (χ0) is 14.0. The Bertz CT molecular complexity index is 583. The first-order valence-electron chi connectivity index (χ1n) is 6.21. The molecule has 1 heterocycles. The van der Waals surface area contributed by atoms with Gasteiger partial charge in [0.05, 0.1) is 11.7 Å².